The lowest BCUT2D eigenvalue weighted by Crippen LogP contribution is -2.40. The van der Waals surface area contributed by atoms with Gasteiger partial charge >= 0.3 is 0 Å². The van der Waals surface area contributed by atoms with Gasteiger partial charge in [0.2, 0.25) is 0 Å². The molecular formula is C18H24N6OS. The first-order valence-electron chi connectivity index (χ1n) is 8.66. The molecule has 138 valence electrons. The van der Waals surface area contributed by atoms with E-state index in [9.17, 15) is 0 Å². The summed E-state index contributed by atoms with van der Waals surface area (Å²) in [4.78, 5) is 6.83. The zero-order valence-electron chi connectivity index (χ0n) is 15.1. The number of rotatable bonds is 8. The molecule has 0 aromatic carbocycles. The Kier molecular flexibility index (Phi) is 6.43. The number of nitrogens with one attached hydrogen (secondary N) is 1. The van der Waals surface area contributed by atoms with Crippen molar-refractivity contribution in [1.29, 1.82) is 0 Å². The van der Waals surface area contributed by atoms with Crippen LogP contribution in [0.25, 0.3) is 0 Å². The molecule has 0 aliphatic rings. The molecule has 3 rings (SSSR count). The largest absolute Gasteiger partial charge is 0.467 e. The van der Waals surface area contributed by atoms with E-state index in [0.29, 0.717) is 6.54 Å². The minimum Gasteiger partial charge on any atom is -0.467 e. The monoisotopic (exact) mass is 372 g/mol. The number of thiophene rings is 1. The van der Waals surface area contributed by atoms with Gasteiger partial charge in [-0.2, -0.15) is 11.3 Å². The smallest absolute Gasteiger partial charge is 0.194 e. The molecule has 7 nitrogen and oxygen atoms in total. The van der Waals surface area contributed by atoms with Crippen molar-refractivity contribution in [3.05, 3.63) is 58.7 Å². The molecule has 0 saturated carbocycles. The molecule has 3 aromatic rings. The molecule has 0 aliphatic carbocycles. The summed E-state index contributed by atoms with van der Waals surface area (Å²) in [5.41, 5.74) is 1.28. The van der Waals surface area contributed by atoms with Crippen LogP contribution in [-0.2, 0) is 26.1 Å². The lowest BCUT2D eigenvalue weighted by atomic mass is 10.3. The average Bonchev–Trinajstić information content (AvgIpc) is 3.39. The van der Waals surface area contributed by atoms with Gasteiger partial charge in [0.25, 0.3) is 0 Å². The number of furan rings is 1. The Morgan fingerprint density at radius 2 is 2.35 bits per heavy atom. The second-order valence-electron chi connectivity index (χ2n) is 5.93. The Morgan fingerprint density at radius 3 is 3.08 bits per heavy atom. The molecule has 1 N–H and O–H groups in total. The average molecular weight is 372 g/mol. The Balaban J connectivity index is 1.62. The van der Waals surface area contributed by atoms with Gasteiger partial charge in [-0.05, 0) is 34.5 Å². The topological polar surface area (TPSA) is 71.5 Å². The van der Waals surface area contributed by atoms with Gasteiger partial charge in [0.15, 0.2) is 5.96 Å². The molecule has 0 unspecified atom stereocenters. The Bertz CT molecular complexity index is 794. The lowest BCUT2D eigenvalue weighted by Gasteiger charge is -2.22. The summed E-state index contributed by atoms with van der Waals surface area (Å²) in [5, 5.41) is 15.8. The Morgan fingerprint density at radius 1 is 1.42 bits per heavy atom. The minimum absolute atomic E-state index is 0.510. The number of aromatic nitrogens is 3. The fourth-order valence-electron chi connectivity index (χ4n) is 2.63. The van der Waals surface area contributed by atoms with Gasteiger partial charge in [0.05, 0.1) is 6.26 Å². The quantitative estimate of drug-likeness (QED) is 0.486. The van der Waals surface area contributed by atoms with Crippen LogP contribution in [0.1, 0.15) is 24.1 Å². The van der Waals surface area contributed by atoms with Crippen molar-refractivity contribution in [2.75, 3.05) is 13.6 Å². The third-order valence-corrected chi connectivity index (χ3v) is 4.71. The summed E-state index contributed by atoms with van der Waals surface area (Å²) in [5.74, 6) is 2.69. The van der Waals surface area contributed by atoms with Crippen molar-refractivity contribution < 1.29 is 4.42 Å². The first-order chi connectivity index (χ1) is 12.8. The van der Waals surface area contributed by atoms with Gasteiger partial charge in [0, 0.05) is 33.1 Å². The van der Waals surface area contributed by atoms with Crippen LogP contribution in [0.15, 0.2) is 51.0 Å². The molecule has 3 heterocycles. The van der Waals surface area contributed by atoms with Crippen LogP contribution < -0.4 is 5.32 Å². The van der Waals surface area contributed by atoms with E-state index in [1.807, 2.05) is 19.2 Å². The highest BCUT2D eigenvalue weighted by molar-refractivity contribution is 7.07. The molecule has 0 fully saturated rings. The normalized spacial score (nSPS) is 11.7. The van der Waals surface area contributed by atoms with Crippen molar-refractivity contribution in [2.45, 2.75) is 33.0 Å². The highest BCUT2D eigenvalue weighted by atomic mass is 32.1. The fourth-order valence-corrected chi connectivity index (χ4v) is 3.29. The standard InChI is InChI=1S/C18H24N6OS/c1-3-17-22-21-14-24(17)8-7-19-18(20-11-16-5-4-9-25-16)23(2)12-15-6-10-26-13-15/h4-6,9-10,13-14H,3,7-8,11-12H2,1-2H3,(H,19,20). The van der Waals surface area contributed by atoms with E-state index in [4.69, 9.17) is 9.41 Å². The SMILES string of the molecule is CCc1nncn1CCNC(=NCc1ccco1)N(C)Cc1ccsc1. The third kappa shape index (κ3) is 4.95. The van der Waals surface area contributed by atoms with Crippen LogP contribution in [0.4, 0.5) is 0 Å². The van der Waals surface area contributed by atoms with Crippen molar-refractivity contribution in [1.82, 2.24) is 25.0 Å². The predicted octanol–water partition coefficient (Wildman–Crippen LogP) is 2.77. The van der Waals surface area contributed by atoms with Gasteiger partial charge in [-0.15, -0.1) is 10.2 Å². The molecule has 0 saturated heterocycles. The van der Waals surface area contributed by atoms with E-state index in [1.165, 1.54) is 5.56 Å². The van der Waals surface area contributed by atoms with Crippen LogP contribution in [-0.4, -0.2) is 39.2 Å². The van der Waals surface area contributed by atoms with Gasteiger partial charge in [-0.1, -0.05) is 6.92 Å². The van der Waals surface area contributed by atoms with Crippen molar-refractivity contribution in [2.24, 2.45) is 4.99 Å². The highest BCUT2D eigenvalue weighted by Gasteiger charge is 2.09. The molecular weight excluding hydrogens is 348 g/mol. The van der Waals surface area contributed by atoms with E-state index in [2.05, 4.69) is 48.7 Å². The number of aryl methyl sites for hydroxylation is 1. The van der Waals surface area contributed by atoms with Crippen LogP contribution in [0, 0.1) is 0 Å². The summed E-state index contributed by atoms with van der Waals surface area (Å²) in [6.07, 6.45) is 4.32. The number of guanidine groups is 1. The van der Waals surface area contributed by atoms with Crippen LogP contribution in [0.3, 0.4) is 0 Å². The van der Waals surface area contributed by atoms with E-state index in [1.54, 1.807) is 23.9 Å². The Labute approximate surface area is 157 Å². The summed E-state index contributed by atoms with van der Waals surface area (Å²) >= 11 is 1.71. The molecule has 8 heteroatoms. The second kappa shape index (κ2) is 9.19. The lowest BCUT2D eigenvalue weighted by molar-refractivity contribution is 0.465. The molecule has 3 aromatic heterocycles. The van der Waals surface area contributed by atoms with Crippen LogP contribution in [0.5, 0.6) is 0 Å². The van der Waals surface area contributed by atoms with Gasteiger partial charge < -0.3 is 19.2 Å². The predicted molar refractivity (Wildman–Crippen MR) is 103 cm³/mol. The van der Waals surface area contributed by atoms with E-state index in [0.717, 1.165) is 43.6 Å². The minimum atomic E-state index is 0.510. The summed E-state index contributed by atoms with van der Waals surface area (Å²) < 4.78 is 7.46. The zero-order valence-corrected chi connectivity index (χ0v) is 15.9. The van der Waals surface area contributed by atoms with E-state index < -0.39 is 0 Å². The number of hydrogen-bond acceptors (Lipinski definition) is 5. The van der Waals surface area contributed by atoms with Crippen LogP contribution in [0.2, 0.25) is 0 Å². The highest BCUT2D eigenvalue weighted by Crippen LogP contribution is 2.09. The molecule has 0 bridgehead atoms. The van der Waals surface area contributed by atoms with Gasteiger partial charge in [0.1, 0.15) is 24.5 Å². The maximum absolute atomic E-state index is 5.39. The van der Waals surface area contributed by atoms with Crippen LogP contribution >= 0.6 is 11.3 Å². The van der Waals surface area contributed by atoms with E-state index >= 15 is 0 Å². The second-order valence-corrected chi connectivity index (χ2v) is 6.71. The Hall–Kier alpha value is -2.61. The summed E-state index contributed by atoms with van der Waals surface area (Å²) in [6.45, 7) is 4.94. The molecule has 0 aliphatic heterocycles. The first-order valence-corrected chi connectivity index (χ1v) is 9.60. The number of aliphatic imine (C=N–C) groups is 1. The van der Waals surface area contributed by atoms with Crippen molar-refractivity contribution in [3.8, 4) is 0 Å². The summed E-state index contributed by atoms with van der Waals surface area (Å²) in [7, 11) is 2.04. The first kappa shape index (κ1) is 18.2. The van der Waals surface area contributed by atoms with Crippen molar-refractivity contribution >= 4 is 17.3 Å². The molecule has 0 radical (unpaired) electrons. The molecule has 0 spiro atoms. The maximum Gasteiger partial charge on any atom is 0.194 e. The molecule has 0 atom stereocenters. The molecule has 26 heavy (non-hydrogen) atoms. The third-order valence-electron chi connectivity index (χ3n) is 3.97. The van der Waals surface area contributed by atoms with Crippen molar-refractivity contribution in [3.63, 3.8) is 0 Å². The zero-order chi connectivity index (χ0) is 18.2. The molecule has 0 amide bonds. The fraction of sp³-hybridized carbons (Fsp3) is 0.389. The van der Waals surface area contributed by atoms with E-state index in [-0.39, 0.29) is 0 Å². The number of hydrogen-bond donors (Lipinski definition) is 1. The maximum atomic E-state index is 5.39. The summed E-state index contributed by atoms with van der Waals surface area (Å²) in [6, 6.07) is 5.95. The van der Waals surface area contributed by atoms with Gasteiger partial charge in [-0.3, -0.25) is 0 Å². The number of nitrogens with zero attached hydrogens (tertiary/aromatic N) is 5. The van der Waals surface area contributed by atoms with Gasteiger partial charge in [-0.25, -0.2) is 4.99 Å².